The molecule has 19 heavy (non-hydrogen) atoms. The quantitative estimate of drug-likeness (QED) is 0.589. The highest BCUT2D eigenvalue weighted by molar-refractivity contribution is 5.90. The highest BCUT2D eigenvalue weighted by Crippen LogP contribution is 2.28. The standard InChI is InChI=1S/C13H15F3O3/c1-3-5-18-12-10(15)8(7-9(14)11(12)16)13(17)19-6-4-2/h7H,3-6H2,1-2H3. The lowest BCUT2D eigenvalue weighted by Crippen LogP contribution is -2.12. The van der Waals surface area contributed by atoms with Crippen LogP contribution in [0.4, 0.5) is 13.2 Å². The van der Waals surface area contributed by atoms with Gasteiger partial charge in [-0.25, -0.2) is 13.6 Å². The Bertz CT molecular complexity index is 461. The van der Waals surface area contributed by atoms with Gasteiger partial charge in [-0.05, 0) is 18.9 Å². The minimum absolute atomic E-state index is 0.0146. The lowest BCUT2D eigenvalue weighted by molar-refractivity contribution is 0.0497. The van der Waals surface area contributed by atoms with Crippen molar-refractivity contribution in [2.24, 2.45) is 0 Å². The fourth-order valence-electron chi connectivity index (χ4n) is 1.33. The number of rotatable bonds is 6. The van der Waals surface area contributed by atoms with Crippen LogP contribution in [0.2, 0.25) is 0 Å². The number of carbonyl (C=O) groups excluding carboxylic acids is 1. The lowest BCUT2D eigenvalue weighted by atomic mass is 10.2. The summed E-state index contributed by atoms with van der Waals surface area (Å²) in [5, 5.41) is 0. The first-order valence-electron chi connectivity index (χ1n) is 6.00. The van der Waals surface area contributed by atoms with Gasteiger partial charge in [-0.2, -0.15) is 4.39 Å². The summed E-state index contributed by atoms with van der Waals surface area (Å²) < 4.78 is 50.1. The van der Waals surface area contributed by atoms with Crippen LogP contribution in [0.3, 0.4) is 0 Å². The monoisotopic (exact) mass is 276 g/mol. The molecule has 0 unspecified atom stereocenters. The van der Waals surface area contributed by atoms with Crippen molar-refractivity contribution in [3.05, 3.63) is 29.1 Å². The molecule has 106 valence electrons. The van der Waals surface area contributed by atoms with Crippen LogP contribution in [0.1, 0.15) is 37.0 Å². The van der Waals surface area contributed by atoms with E-state index in [1.54, 1.807) is 13.8 Å². The van der Waals surface area contributed by atoms with Gasteiger partial charge in [-0.1, -0.05) is 13.8 Å². The summed E-state index contributed by atoms with van der Waals surface area (Å²) in [6.45, 7) is 3.57. The summed E-state index contributed by atoms with van der Waals surface area (Å²) in [7, 11) is 0. The van der Waals surface area contributed by atoms with Crippen LogP contribution in [-0.4, -0.2) is 19.2 Å². The Hall–Kier alpha value is -1.72. The van der Waals surface area contributed by atoms with Crippen LogP contribution < -0.4 is 4.74 Å². The first-order chi connectivity index (χ1) is 9.02. The van der Waals surface area contributed by atoms with Crippen LogP contribution in [0.15, 0.2) is 6.07 Å². The third-order valence-electron chi connectivity index (χ3n) is 2.22. The van der Waals surface area contributed by atoms with Crippen molar-refractivity contribution >= 4 is 5.97 Å². The average Bonchev–Trinajstić information content (AvgIpc) is 2.40. The number of benzene rings is 1. The molecule has 0 saturated carbocycles. The summed E-state index contributed by atoms with van der Waals surface area (Å²) in [4.78, 5) is 11.5. The van der Waals surface area contributed by atoms with Crippen LogP contribution in [0, 0.1) is 17.5 Å². The van der Waals surface area contributed by atoms with E-state index in [4.69, 9.17) is 4.74 Å². The molecule has 0 amide bonds. The minimum atomic E-state index is -1.45. The number of hydrogen-bond donors (Lipinski definition) is 0. The van der Waals surface area contributed by atoms with Gasteiger partial charge in [0.2, 0.25) is 5.82 Å². The second kappa shape index (κ2) is 7.01. The number of esters is 1. The fraction of sp³-hybridized carbons (Fsp3) is 0.462. The Morgan fingerprint density at radius 1 is 1.11 bits per heavy atom. The predicted molar refractivity (Wildman–Crippen MR) is 62.7 cm³/mol. The van der Waals surface area contributed by atoms with Crippen molar-refractivity contribution in [3.8, 4) is 5.75 Å². The van der Waals surface area contributed by atoms with Gasteiger partial charge < -0.3 is 9.47 Å². The molecule has 0 aliphatic rings. The molecule has 0 N–H and O–H groups in total. The molecule has 0 radical (unpaired) electrons. The van der Waals surface area contributed by atoms with Crippen LogP contribution in [0.5, 0.6) is 5.75 Å². The molecule has 0 spiro atoms. The van der Waals surface area contributed by atoms with E-state index in [9.17, 15) is 18.0 Å². The Kier molecular flexibility index (Phi) is 5.66. The Morgan fingerprint density at radius 2 is 1.74 bits per heavy atom. The van der Waals surface area contributed by atoms with E-state index in [1.807, 2.05) is 0 Å². The third kappa shape index (κ3) is 3.62. The van der Waals surface area contributed by atoms with Gasteiger partial charge in [0.05, 0.1) is 13.2 Å². The molecule has 1 aromatic rings. The second-order valence-electron chi connectivity index (χ2n) is 3.85. The molecule has 0 atom stereocenters. The summed E-state index contributed by atoms with van der Waals surface area (Å²) in [6.07, 6.45) is 1.03. The van der Waals surface area contributed by atoms with Crippen LogP contribution in [-0.2, 0) is 4.74 Å². The zero-order valence-corrected chi connectivity index (χ0v) is 10.8. The highest BCUT2D eigenvalue weighted by Gasteiger charge is 2.24. The molecule has 3 nitrogen and oxygen atoms in total. The van der Waals surface area contributed by atoms with Gasteiger partial charge in [-0.3, -0.25) is 0 Å². The molecular formula is C13H15F3O3. The van der Waals surface area contributed by atoms with Crippen LogP contribution >= 0.6 is 0 Å². The maximum atomic E-state index is 13.9. The molecule has 6 heteroatoms. The molecule has 0 fully saturated rings. The van der Waals surface area contributed by atoms with E-state index in [0.29, 0.717) is 18.9 Å². The zero-order chi connectivity index (χ0) is 14.4. The van der Waals surface area contributed by atoms with Gasteiger partial charge in [0.1, 0.15) is 5.56 Å². The highest BCUT2D eigenvalue weighted by atomic mass is 19.2. The largest absolute Gasteiger partial charge is 0.488 e. The smallest absolute Gasteiger partial charge is 0.341 e. The molecular weight excluding hydrogens is 261 g/mol. The van der Waals surface area contributed by atoms with Gasteiger partial charge in [0, 0.05) is 0 Å². The average molecular weight is 276 g/mol. The summed E-state index contributed by atoms with van der Waals surface area (Å²) in [5.41, 5.74) is -0.668. The van der Waals surface area contributed by atoms with E-state index in [0.717, 1.165) is 0 Å². The summed E-state index contributed by atoms with van der Waals surface area (Å²) in [6, 6.07) is 0.474. The van der Waals surface area contributed by atoms with Gasteiger partial charge in [-0.15, -0.1) is 0 Å². The summed E-state index contributed by atoms with van der Waals surface area (Å²) >= 11 is 0. The van der Waals surface area contributed by atoms with Gasteiger partial charge in [0.25, 0.3) is 0 Å². The SMILES string of the molecule is CCCOC(=O)c1cc(F)c(F)c(OCCC)c1F. The Labute approximate surface area is 109 Å². The predicted octanol–water partition coefficient (Wildman–Crippen LogP) is 3.46. The minimum Gasteiger partial charge on any atom is -0.488 e. The molecule has 0 aliphatic heterocycles. The lowest BCUT2D eigenvalue weighted by Gasteiger charge is -2.11. The maximum Gasteiger partial charge on any atom is 0.341 e. The van der Waals surface area contributed by atoms with E-state index in [-0.39, 0.29) is 13.2 Å². The van der Waals surface area contributed by atoms with Gasteiger partial charge in [0.15, 0.2) is 17.4 Å². The van der Waals surface area contributed by atoms with E-state index in [1.165, 1.54) is 0 Å². The molecule has 0 heterocycles. The first kappa shape index (κ1) is 15.3. The van der Waals surface area contributed by atoms with Crippen LogP contribution in [0.25, 0.3) is 0 Å². The molecule has 0 saturated heterocycles. The summed E-state index contributed by atoms with van der Waals surface area (Å²) in [5.74, 6) is -5.97. The number of hydrogen-bond acceptors (Lipinski definition) is 3. The fourth-order valence-corrected chi connectivity index (χ4v) is 1.33. The van der Waals surface area contributed by atoms with Gasteiger partial charge >= 0.3 is 5.97 Å². The maximum absolute atomic E-state index is 13.9. The van der Waals surface area contributed by atoms with E-state index in [2.05, 4.69) is 4.74 Å². The van der Waals surface area contributed by atoms with Crippen molar-refractivity contribution in [1.82, 2.24) is 0 Å². The van der Waals surface area contributed by atoms with E-state index >= 15 is 0 Å². The Balaban J connectivity index is 3.12. The number of ether oxygens (including phenoxy) is 2. The topological polar surface area (TPSA) is 35.5 Å². The second-order valence-corrected chi connectivity index (χ2v) is 3.85. The molecule has 0 aliphatic carbocycles. The van der Waals surface area contributed by atoms with Crippen molar-refractivity contribution in [2.75, 3.05) is 13.2 Å². The first-order valence-corrected chi connectivity index (χ1v) is 6.00. The number of halogens is 3. The molecule has 1 aromatic carbocycles. The molecule has 1 rings (SSSR count). The zero-order valence-electron chi connectivity index (χ0n) is 10.8. The number of carbonyl (C=O) groups is 1. The van der Waals surface area contributed by atoms with Crippen molar-refractivity contribution < 1.29 is 27.4 Å². The Morgan fingerprint density at radius 3 is 2.32 bits per heavy atom. The van der Waals surface area contributed by atoms with Crippen molar-refractivity contribution in [3.63, 3.8) is 0 Å². The van der Waals surface area contributed by atoms with Crippen molar-refractivity contribution in [1.29, 1.82) is 0 Å². The van der Waals surface area contributed by atoms with E-state index < -0.39 is 34.7 Å². The third-order valence-corrected chi connectivity index (χ3v) is 2.22. The molecule has 0 aromatic heterocycles. The molecule has 0 bridgehead atoms. The van der Waals surface area contributed by atoms with Crippen molar-refractivity contribution in [2.45, 2.75) is 26.7 Å². The normalized spacial score (nSPS) is 10.4.